The molecule has 0 bridgehead atoms. The predicted octanol–water partition coefficient (Wildman–Crippen LogP) is 1.63. The molecule has 0 unspecified atom stereocenters. The van der Waals surface area contributed by atoms with E-state index in [0.29, 0.717) is 37.1 Å². The first-order chi connectivity index (χ1) is 16.7. The second kappa shape index (κ2) is 8.25. The van der Waals surface area contributed by atoms with Crippen LogP contribution in [0.4, 0.5) is 10.1 Å². The number of benzene rings is 1. The molecule has 35 heavy (non-hydrogen) atoms. The van der Waals surface area contributed by atoms with Crippen LogP contribution in [0.15, 0.2) is 30.1 Å². The minimum absolute atomic E-state index is 0.0761. The van der Waals surface area contributed by atoms with Crippen LogP contribution in [0.1, 0.15) is 56.9 Å². The number of hydrogen-bond donors (Lipinski definition) is 4. The molecule has 0 radical (unpaired) electrons. The molecular formula is C24H24FN7O3. The SMILES string of the molecule is Cc1c(C(=O)C(=O)NC2(C3=CNN(C)N3)CC2)c2n(c1C(=O)Nc1cc(F)cc(C#N)c1)CCC2. The van der Waals surface area contributed by atoms with Crippen LogP contribution in [0.3, 0.4) is 0 Å². The maximum atomic E-state index is 13.8. The van der Waals surface area contributed by atoms with E-state index < -0.39 is 29.0 Å². The van der Waals surface area contributed by atoms with Crippen LogP contribution in [0.2, 0.25) is 0 Å². The van der Waals surface area contributed by atoms with Crippen LogP contribution in [-0.2, 0) is 17.8 Å². The number of carbonyl (C=O) groups is 3. The van der Waals surface area contributed by atoms with Gasteiger partial charge in [-0.3, -0.25) is 14.4 Å². The van der Waals surface area contributed by atoms with E-state index in [1.54, 1.807) is 29.9 Å². The molecule has 1 aromatic heterocycles. The van der Waals surface area contributed by atoms with Crippen molar-refractivity contribution in [1.82, 2.24) is 25.9 Å². The molecule has 4 N–H and O–H groups in total. The zero-order valence-electron chi connectivity index (χ0n) is 19.3. The van der Waals surface area contributed by atoms with E-state index >= 15 is 0 Å². The number of nitriles is 1. The second-order valence-corrected chi connectivity index (χ2v) is 9.07. The summed E-state index contributed by atoms with van der Waals surface area (Å²) >= 11 is 0. The van der Waals surface area contributed by atoms with Crippen LogP contribution in [-0.4, -0.2) is 39.9 Å². The quantitative estimate of drug-likeness (QED) is 0.367. The molecule has 1 fully saturated rings. The number of halogens is 1. The van der Waals surface area contributed by atoms with E-state index in [-0.39, 0.29) is 22.5 Å². The number of ketones is 1. The zero-order valence-corrected chi connectivity index (χ0v) is 19.3. The number of anilines is 1. The molecule has 2 aliphatic heterocycles. The van der Waals surface area contributed by atoms with Crippen molar-refractivity contribution in [2.24, 2.45) is 0 Å². The van der Waals surface area contributed by atoms with Gasteiger partial charge < -0.3 is 26.1 Å². The van der Waals surface area contributed by atoms with Crippen molar-refractivity contribution < 1.29 is 18.8 Å². The Kier molecular flexibility index (Phi) is 5.33. The third-order valence-corrected chi connectivity index (χ3v) is 6.65. The van der Waals surface area contributed by atoms with Crippen molar-refractivity contribution in [3.8, 4) is 6.07 Å². The van der Waals surface area contributed by atoms with E-state index in [1.807, 2.05) is 6.07 Å². The van der Waals surface area contributed by atoms with Gasteiger partial charge in [0.15, 0.2) is 0 Å². The van der Waals surface area contributed by atoms with Crippen molar-refractivity contribution in [3.05, 3.63) is 64.0 Å². The summed E-state index contributed by atoms with van der Waals surface area (Å²) in [6.07, 6.45) is 4.47. The van der Waals surface area contributed by atoms with Gasteiger partial charge in [0.25, 0.3) is 17.6 Å². The highest BCUT2D eigenvalue weighted by Gasteiger charge is 2.50. The number of aromatic nitrogens is 1. The monoisotopic (exact) mass is 477 g/mol. The maximum Gasteiger partial charge on any atom is 0.293 e. The summed E-state index contributed by atoms with van der Waals surface area (Å²) in [6.45, 7) is 2.17. The fourth-order valence-electron chi connectivity index (χ4n) is 4.86. The van der Waals surface area contributed by atoms with Gasteiger partial charge in [0.05, 0.1) is 28.4 Å². The molecule has 0 saturated heterocycles. The Hall–Kier alpha value is -4.17. The zero-order chi connectivity index (χ0) is 24.9. The second-order valence-electron chi connectivity index (χ2n) is 9.07. The van der Waals surface area contributed by atoms with Gasteiger partial charge in [-0.15, -0.1) is 5.12 Å². The number of hydrazine groups is 2. The third-order valence-electron chi connectivity index (χ3n) is 6.65. The Morgan fingerprint density at radius 2 is 2.00 bits per heavy atom. The molecule has 180 valence electrons. The number of nitrogens with one attached hydrogen (secondary N) is 4. The van der Waals surface area contributed by atoms with Crippen LogP contribution < -0.4 is 21.5 Å². The average Bonchev–Trinajstić information content (AvgIpc) is 3.11. The molecule has 11 heteroatoms. The molecule has 1 aliphatic carbocycles. The molecular weight excluding hydrogens is 453 g/mol. The first kappa shape index (κ1) is 22.6. The molecule has 1 saturated carbocycles. The Morgan fingerprint density at radius 3 is 2.66 bits per heavy atom. The van der Waals surface area contributed by atoms with Crippen LogP contribution in [0, 0.1) is 24.1 Å². The molecule has 5 rings (SSSR count). The average molecular weight is 478 g/mol. The number of amides is 2. The number of hydrogen-bond acceptors (Lipinski definition) is 7. The molecule has 0 atom stereocenters. The summed E-state index contributed by atoms with van der Waals surface area (Å²) in [5.74, 6) is -2.59. The normalized spacial score (nSPS) is 17.5. The number of rotatable bonds is 6. The van der Waals surface area contributed by atoms with Gasteiger partial charge in [-0.05, 0) is 56.4 Å². The Morgan fingerprint density at radius 1 is 1.23 bits per heavy atom. The van der Waals surface area contributed by atoms with Crippen LogP contribution in [0.25, 0.3) is 0 Å². The summed E-state index contributed by atoms with van der Waals surface area (Å²) in [5.41, 5.74) is 8.00. The molecule has 1 aromatic carbocycles. The smallest absolute Gasteiger partial charge is 0.293 e. The Bertz CT molecular complexity index is 1350. The van der Waals surface area contributed by atoms with E-state index in [4.69, 9.17) is 5.26 Å². The van der Waals surface area contributed by atoms with Gasteiger partial charge in [-0.25, -0.2) is 4.39 Å². The minimum Gasteiger partial charge on any atom is -0.340 e. The van der Waals surface area contributed by atoms with Crippen molar-refractivity contribution in [2.75, 3.05) is 12.4 Å². The van der Waals surface area contributed by atoms with Gasteiger partial charge in [0.1, 0.15) is 11.5 Å². The first-order valence-corrected chi connectivity index (χ1v) is 11.3. The third kappa shape index (κ3) is 3.91. The first-order valence-electron chi connectivity index (χ1n) is 11.3. The van der Waals surface area contributed by atoms with Crippen molar-refractivity contribution in [2.45, 2.75) is 44.7 Å². The van der Waals surface area contributed by atoms with Gasteiger partial charge >= 0.3 is 0 Å². The lowest BCUT2D eigenvalue weighted by Crippen LogP contribution is -2.46. The van der Waals surface area contributed by atoms with Gasteiger partial charge in [0.2, 0.25) is 0 Å². The van der Waals surface area contributed by atoms with E-state index in [2.05, 4.69) is 21.5 Å². The van der Waals surface area contributed by atoms with Crippen molar-refractivity contribution in [3.63, 3.8) is 0 Å². The highest BCUT2D eigenvalue weighted by Crippen LogP contribution is 2.42. The fraction of sp³-hybridized carbons (Fsp3) is 0.333. The number of nitrogens with zero attached hydrogens (tertiary/aromatic N) is 3. The number of Topliss-reactive ketones (excluding diaryl/α,β-unsaturated/α-hetero) is 1. The predicted molar refractivity (Wildman–Crippen MR) is 123 cm³/mol. The highest BCUT2D eigenvalue weighted by atomic mass is 19.1. The standard InChI is InChI=1S/C24H24FN7O3/c1-13-19(21(33)23(35)29-24(5-6-24)18-12-27-31(2)30-18)17-4-3-7-32(17)20(13)22(34)28-16-9-14(11-26)8-15(25)10-16/h8-10,12,27,30H,3-7H2,1-2H3,(H,28,34)(H,29,35). The molecule has 2 aromatic rings. The summed E-state index contributed by atoms with van der Waals surface area (Å²) < 4.78 is 15.6. The topological polar surface area (TPSA) is 131 Å². The summed E-state index contributed by atoms with van der Waals surface area (Å²) in [4.78, 5) is 39.5. The molecule has 10 nitrogen and oxygen atoms in total. The number of carbonyl (C=O) groups excluding carboxylic acids is 3. The lowest BCUT2D eigenvalue weighted by atomic mass is 10.0. The molecule has 3 heterocycles. The lowest BCUT2D eigenvalue weighted by Gasteiger charge is -2.20. The molecule has 3 aliphatic rings. The molecule has 0 spiro atoms. The maximum absolute atomic E-state index is 13.8. The summed E-state index contributed by atoms with van der Waals surface area (Å²) in [6, 6.07) is 5.42. The van der Waals surface area contributed by atoms with E-state index in [0.717, 1.165) is 24.3 Å². The largest absolute Gasteiger partial charge is 0.340 e. The fourth-order valence-corrected chi connectivity index (χ4v) is 4.86. The highest BCUT2D eigenvalue weighted by molar-refractivity contribution is 6.44. The molecule has 2 amide bonds. The Labute approximate surface area is 200 Å². The Balaban J connectivity index is 1.41. The lowest BCUT2D eigenvalue weighted by molar-refractivity contribution is -0.117. The van der Waals surface area contributed by atoms with Crippen LogP contribution >= 0.6 is 0 Å². The number of fused-ring (bicyclic) bond motifs is 1. The van der Waals surface area contributed by atoms with E-state index in [1.165, 1.54) is 6.07 Å². The summed E-state index contributed by atoms with van der Waals surface area (Å²) in [7, 11) is 1.79. The van der Waals surface area contributed by atoms with Crippen molar-refractivity contribution in [1.29, 1.82) is 5.26 Å². The van der Waals surface area contributed by atoms with Gasteiger partial charge in [0, 0.05) is 31.2 Å². The summed E-state index contributed by atoms with van der Waals surface area (Å²) in [5, 5.41) is 16.2. The van der Waals surface area contributed by atoms with Gasteiger partial charge in [-0.2, -0.15) is 5.26 Å². The van der Waals surface area contributed by atoms with Gasteiger partial charge in [-0.1, -0.05) is 0 Å². The van der Waals surface area contributed by atoms with E-state index in [9.17, 15) is 18.8 Å². The van der Waals surface area contributed by atoms with Crippen molar-refractivity contribution >= 4 is 23.3 Å². The minimum atomic E-state index is -0.723. The van der Waals surface area contributed by atoms with Crippen LogP contribution in [0.5, 0.6) is 0 Å².